The zero-order valence-corrected chi connectivity index (χ0v) is 20.6. The van der Waals surface area contributed by atoms with E-state index < -0.39 is 5.97 Å². The number of fused-ring (bicyclic) bond motifs is 1. The van der Waals surface area contributed by atoms with Crippen LogP contribution in [-0.4, -0.2) is 15.4 Å². The molecule has 0 atom stereocenters. The van der Waals surface area contributed by atoms with Crippen molar-refractivity contribution in [3.05, 3.63) is 52.8 Å². The Morgan fingerprint density at radius 1 is 0.844 bits per heavy atom. The number of ether oxygens (including phenoxy) is 1. The third-order valence-electron chi connectivity index (χ3n) is 5.89. The number of unbranched alkanes of at least 4 members (excludes halogenated alkanes) is 9. The molecule has 3 aromatic rings. The van der Waals surface area contributed by atoms with Crippen LogP contribution in [0.5, 0.6) is 5.75 Å². The summed E-state index contributed by atoms with van der Waals surface area (Å²) in [6.45, 7) is 4.49. The monoisotopic (exact) mass is 454 g/mol. The molecule has 0 amide bonds. The molecule has 174 valence electrons. The van der Waals surface area contributed by atoms with Gasteiger partial charge in [-0.2, -0.15) is 0 Å². The lowest BCUT2D eigenvalue weighted by molar-refractivity contribution is 0.0729. The van der Waals surface area contributed by atoms with E-state index in [1.807, 2.05) is 16.5 Å². The molecular formula is C27H38N2O2S. The standard InChI is InChI=1S/C27H38N2O2S/c1-3-5-7-9-11-12-14-22-16-18-23(19-17-22)31-26(30)25-21-29-20-24(32-27(29)28-25)15-13-10-8-6-4-2/h16-21H,3-15H2,1-2H3. The summed E-state index contributed by atoms with van der Waals surface area (Å²) in [6.07, 6.45) is 20.3. The fourth-order valence-electron chi connectivity index (χ4n) is 3.95. The lowest BCUT2D eigenvalue weighted by Gasteiger charge is -2.05. The maximum atomic E-state index is 12.5. The van der Waals surface area contributed by atoms with E-state index in [9.17, 15) is 4.79 Å². The highest BCUT2D eigenvalue weighted by atomic mass is 32.1. The van der Waals surface area contributed by atoms with Gasteiger partial charge in [0.1, 0.15) is 5.75 Å². The molecule has 0 radical (unpaired) electrons. The highest BCUT2D eigenvalue weighted by Crippen LogP contribution is 2.22. The molecule has 3 rings (SSSR count). The van der Waals surface area contributed by atoms with E-state index in [-0.39, 0.29) is 0 Å². The highest BCUT2D eigenvalue weighted by Gasteiger charge is 2.15. The Labute approximate surface area is 197 Å². The molecule has 5 heteroatoms. The van der Waals surface area contributed by atoms with Gasteiger partial charge in [0, 0.05) is 17.3 Å². The van der Waals surface area contributed by atoms with Crippen LogP contribution in [-0.2, 0) is 12.8 Å². The summed E-state index contributed by atoms with van der Waals surface area (Å²) in [5, 5.41) is 0. The van der Waals surface area contributed by atoms with Crippen molar-refractivity contribution in [1.29, 1.82) is 0 Å². The van der Waals surface area contributed by atoms with E-state index in [2.05, 4.69) is 37.2 Å². The molecule has 0 aliphatic rings. The minimum Gasteiger partial charge on any atom is -0.422 e. The Hall–Kier alpha value is -2.14. The highest BCUT2D eigenvalue weighted by molar-refractivity contribution is 7.17. The summed E-state index contributed by atoms with van der Waals surface area (Å²) < 4.78 is 7.50. The van der Waals surface area contributed by atoms with Crippen LogP contribution in [0.3, 0.4) is 0 Å². The number of hydrogen-bond acceptors (Lipinski definition) is 4. The molecule has 32 heavy (non-hydrogen) atoms. The second kappa shape index (κ2) is 13.4. The third-order valence-corrected chi connectivity index (χ3v) is 6.95. The molecule has 2 heterocycles. The second-order valence-corrected chi connectivity index (χ2v) is 9.82. The molecule has 0 N–H and O–H groups in total. The number of hydrogen-bond donors (Lipinski definition) is 0. The predicted molar refractivity (Wildman–Crippen MR) is 134 cm³/mol. The van der Waals surface area contributed by atoms with Crippen LogP contribution in [0.1, 0.15) is 105 Å². The SMILES string of the molecule is CCCCCCCCc1ccc(OC(=O)c2cn3cc(CCCCCCC)sc3n2)cc1. The number of benzene rings is 1. The van der Waals surface area contributed by atoms with Crippen LogP contribution in [0.25, 0.3) is 4.96 Å². The van der Waals surface area contributed by atoms with Crippen LogP contribution in [0.2, 0.25) is 0 Å². The largest absolute Gasteiger partial charge is 0.422 e. The molecule has 0 spiro atoms. The maximum absolute atomic E-state index is 12.5. The zero-order valence-electron chi connectivity index (χ0n) is 19.8. The fourth-order valence-corrected chi connectivity index (χ4v) is 4.95. The predicted octanol–water partition coefficient (Wildman–Crippen LogP) is 8.03. The van der Waals surface area contributed by atoms with Gasteiger partial charge < -0.3 is 4.74 Å². The lowest BCUT2D eigenvalue weighted by Crippen LogP contribution is -2.08. The number of thiazole rings is 1. The summed E-state index contributed by atoms with van der Waals surface area (Å²) in [5.74, 6) is 0.177. The number of imidazole rings is 1. The van der Waals surface area contributed by atoms with E-state index in [0.29, 0.717) is 11.4 Å². The van der Waals surface area contributed by atoms with Gasteiger partial charge in [0.25, 0.3) is 0 Å². The van der Waals surface area contributed by atoms with Gasteiger partial charge in [-0.15, -0.1) is 11.3 Å². The molecule has 0 unspecified atom stereocenters. The Balaban J connectivity index is 1.44. The molecule has 0 saturated heterocycles. The first-order valence-electron chi connectivity index (χ1n) is 12.5. The summed E-state index contributed by atoms with van der Waals surface area (Å²) in [5.41, 5.74) is 1.66. The topological polar surface area (TPSA) is 43.6 Å². The first-order valence-corrected chi connectivity index (χ1v) is 13.3. The summed E-state index contributed by atoms with van der Waals surface area (Å²) in [6, 6.07) is 7.90. The quantitative estimate of drug-likeness (QED) is 0.133. The Morgan fingerprint density at radius 3 is 2.12 bits per heavy atom. The molecule has 0 aliphatic carbocycles. The first-order chi connectivity index (χ1) is 15.7. The molecule has 0 saturated carbocycles. The van der Waals surface area contributed by atoms with Gasteiger partial charge in [-0.1, -0.05) is 83.8 Å². The average molecular weight is 455 g/mol. The van der Waals surface area contributed by atoms with Crippen molar-refractivity contribution in [3.63, 3.8) is 0 Å². The minimum atomic E-state index is -0.398. The van der Waals surface area contributed by atoms with Gasteiger partial charge >= 0.3 is 5.97 Å². The molecule has 0 aliphatic heterocycles. The minimum absolute atomic E-state index is 0.363. The van der Waals surface area contributed by atoms with Gasteiger partial charge in [0.2, 0.25) is 0 Å². The van der Waals surface area contributed by atoms with Crippen molar-refractivity contribution in [2.75, 3.05) is 0 Å². The number of nitrogens with zero attached hydrogens (tertiary/aromatic N) is 2. The normalized spacial score (nSPS) is 11.3. The summed E-state index contributed by atoms with van der Waals surface area (Å²) >= 11 is 1.67. The van der Waals surface area contributed by atoms with Crippen LogP contribution < -0.4 is 4.74 Å². The van der Waals surface area contributed by atoms with E-state index in [0.717, 1.165) is 17.8 Å². The molecule has 4 nitrogen and oxygen atoms in total. The number of esters is 1. The molecular weight excluding hydrogens is 416 g/mol. The number of rotatable bonds is 15. The number of aromatic nitrogens is 2. The third kappa shape index (κ3) is 7.77. The molecule has 0 fully saturated rings. The van der Waals surface area contributed by atoms with Gasteiger partial charge in [0.15, 0.2) is 10.7 Å². The number of carbonyl (C=O) groups excluding carboxylic acids is 1. The van der Waals surface area contributed by atoms with Crippen LogP contribution in [0, 0.1) is 0 Å². The van der Waals surface area contributed by atoms with Crippen molar-refractivity contribution in [1.82, 2.24) is 9.38 Å². The average Bonchev–Trinajstić information content (AvgIpc) is 3.36. The van der Waals surface area contributed by atoms with Gasteiger partial charge in [-0.25, -0.2) is 9.78 Å². The Morgan fingerprint density at radius 2 is 1.47 bits per heavy atom. The van der Waals surface area contributed by atoms with Crippen molar-refractivity contribution >= 4 is 22.3 Å². The van der Waals surface area contributed by atoms with Crippen molar-refractivity contribution < 1.29 is 9.53 Å². The van der Waals surface area contributed by atoms with Crippen molar-refractivity contribution in [3.8, 4) is 5.75 Å². The molecule has 2 aromatic heterocycles. The zero-order chi connectivity index (χ0) is 22.6. The van der Waals surface area contributed by atoms with Crippen molar-refractivity contribution in [2.45, 2.75) is 97.3 Å². The second-order valence-electron chi connectivity index (χ2n) is 8.73. The lowest BCUT2D eigenvalue weighted by atomic mass is 10.0. The van der Waals surface area contributed by atoms with Gasteiger partial charge in [0.05, 0.1) is 0 Å². The van der Waals surface area contributed by atoms with Crippen LogP contribution in [0.15, 0.2) is 36.7 Å². The van der Waals surface area contributed by atoms with Crippen LogP contribution in [0.4, 0.5) is 0 Å². The van der Waals surface area contributed by atoms with E-state index >= 15 is 0 Å². The molecule has 0 bridgehead atoms. The smallest absolute Gasteiger partial charge is 0.363 e. The fraction of sp³-hybridized carbons (Fsp3) is 0.556. The number of aryl methyl sites for hydroxylation is 2. The van der Waals surface area contributed by atoms with E-state index in [1.54, 1.807) is 17.5 Å². The first kappa shape index (κ1) is 24.5. The molecule has 1 aromatic carbocycles. The summed E-state index contributed by atoms with van der Waals surface area (Å²) in [7, 11) is 0. The van der Waals surface area contributed by atoms with Crippen molar-refractivity contribution in [2.24, 2.45) is 0 Å². The van der Waals surface area contributed by atoms with Gasteiger partial charge in [-0.3, -0.25) is 4.40 Å². The van der Waals surface area contributed by atoms with E-state index in [4.69, 9.17) is 4.74 Å². The Bertz CT molecular complexity index is 911. The maximum Gasteiger partial charge on any atom is 0.363 e. The summed E-state index contributed by atoms with van der Waals surface area (Å²) in [4.78, 5) is 19.2. The van der Waals surface area contributed by atoms with Gasteiger partial charge in [-0.05, 0) is 43.4 Å². The Kier molecular flexibility index (Phi) is 10.3. The number of carbonyl (C=O) groups is 1. The van der Waals surface area contributed by atoms with E-state index in [1.165, 1.54) is 81.1 Å². The van der Waals surface area contributed by atoms with Crippen LogP contribution >= 0.6 is 11.3 Å².